The molecule has 2 fully saturated rings. The van der Waals surface area contributed by atoms with Crippen LogP contribution in [0.2, 0.25) is 0 Å². The van der Waals surface area contributed by atoms with Gasteiger partial charge < -0.3 is 19.9 Å². The van der Waals surface area contributed by atoms with E-state index in [9.17, 15) is 4.79 Å². The van der Waals surface area contributed by atoms with Crippen LogP contribution in [0.25, 0.3) is 11.0 Å². The van der Waals surface area contributed by atoms with E-state index >= 15 is 0 Å². The second-order valence-corrected chi connectivity index (χ2v) is 6.48. The van der Waals surface area contributed by atoms with E-state index in [4.69, 9.17) is 4.74 Å². The molecule has 11 heteroatoms. The number of aromatic nitrogens is 4. The maximum Gasteiger partial charge on any atom is 0.253 e. The number of halogens is 2. The zero-order valence-electron chi connectivity index (χ0n) is 15.4. The van der Waals surface area contributed by atoms with E-state index < -0.39 is 0 Å². The Morgan fingerprint density at radius 2 is 1.96 bits per heavy atom. The van der Waals surface area contributed by atoms with Gasteiger partial charge in [-0.2, -0.15) is 5.10 Å². The van der Waals surface area contributed by atoms with Gasteiger partial charge in [0.05, 0.1) is 18.2 Å². The molecule has 27 heavy (non-hydrogen) atoms. The predicted octanol–water partition coefficient (Wildman–Crippen LogP) is 0.152. The Morgan fingerprint density at radius 3 is 2.63 bits per heavy atom. The smallest absolute Gasteiger partial charge is 0.253 e. The molecule has 9 nitrogen and oxygen atoms in total. The Kier molecular flexibility index (Phi) is 7.21. The van der Waals surface area contributed by atoms with Crippen molar-refractivity contribution in [3.8, 4) is 0 Å². The lowest BCUT2D eigenvalue weighted by Gasteiger charge is -2.37. The monoisotopic (exact) mass is 417 g/mol. The van der Waals surface area contributed by atoms with Crippen molar-refractivity contribution < 1.29 is 9.53 Å². The predicted molar refractivity (Wildman–Crippen MR) is 107 cm³/mol. The highest BCUT2D eigenvalue weighted by atomic mass is 35.5. The fraction of sp³-hybridized carbons (Fsp3) is 0.625. The molecule has 2 aliphatic rings. The maximum atomic E-state index is 12.6. The lowest BCUT2D eigenvalue weighted by molar-refractivity contribution is -0.145. The Labute approximate surface area is 170 Å². The summed E-state index contributed by atoms with van der Waals surface area (Å²) in [5.41, 5.74) is 0.836. The Bertz CT molecular complexity index is 786. The number of rotatable bonds is 2. The van der Waals surface area contributed by atoms with Gasteiger partial charge >= 0.3 is 0 Å². The minimum Gasteiger partial charge on any atom is -0.366 e. The van der Waals surface area contributed by atoms with Crippen LogP contribution in [0.1, 0.15) is 5.82 Å². The lowest BCUT2D eigenvalue weighted by atomic mass is 10.2. The lowest BCUT2D eigenvalue weighted by Crippen LogP contribution is -2.55. The van der Waals surface area contributed by atoms with Crippen molar-refractivity contribution in [3.63, 3.8) is 0 Å². The number of hydrogen-bond donors (Lipinski definition) is 1. The van der Waals surface area contributed by atoms with E-state index in [1.165, 1.54) is 0 Å². The van der Waals surface area contributed by atoms with Gasteiger partial charge in [-0.25, -0.2) is 9.97 Å². The first-order valence-corrected chi connectivity index (χ1v) is 8.66. The van der Waals surface area contributed by atoms with Crippen molar-refractivity contribution in [2.75, 3.05) is 50.8 Å². The summed E-state index contributed by atoms with van der Waals surface area (Å²) < 4.78 is 7.35. The molecule has 4 rings (SSSR count). The number of carbonyl (C=O) groups is 1. The summed E-state index contributed by atoms with van der Waals surface area (Å²) >= 11 is 0. The highest BCUT2D eigenvalue weighted by molar-refractivity contribution is 5.87. The number of nitrogens with zero attached hydrogens (tertiary/aromatic N) is 6. The van der Waals surface area contributed by atoms with E-state index in [2.05, 4.69) is 25.3 Å². The fourth-order valence-corrected chi connectivity index (χ4v) is 3.42. The van der Waals surface area contributed by atoms with Crippen LogP contribution < -0.4 is 10.2 Å². The standard InChI is InChI=1S/C16H23N7O2.2ClH/c1-11-19-14-12(9-18-21(14)2)15(20-11)22-4-6-23(7-5-22)16(24)13-10-17-3-8-25-13;;/h9,13,17H,3-8,10H2,1-2H3;2*1H. The van der Waals surface area contributed by atoms with Crippen LogP contribution in [0, 0.1) is 6.92 Å². The third-order valence-electron chi connectivity index (χ3n) is 4.78. The molecule has 1 amide bonds. The van der Waals surface area contributed by atoms with Crippen LogP contribution in [-0.4, -0.2) is 82.5 Å². The van der Waals surface area contributed by atoms with Crippen LogP contribution in [0.15, 0.2) is 6.20 Å². The minimum atomic E-state index is -0.355. The average Bonchev–Trinajstić information content (AvgIpc) is 3.02. The summed E-state index contributed by atoms with van der Waals surface area (Å²) in [6, 6.07) is 0. The van der Waals surface area contributed by atoms with E-state index in [1.54, 1.807) is 4.68 Å². The van der Waals surface area contributed by atoms with Gasteiger partial charge in [0.15, 0.2) is 5.65 Å². The Balaban J connectivity index is 0.00000131. The van der Waals surface area contributed by atoms with E-state index in [0.717, 1.165) is 42.3 Å². The third-order valence-corrected chi connectivity index (χ3v) is 4.78. The molecule has 0 radical (unpaired) electrons. The number of morpholine rings is 1. The zero-order valence-corrected chi connectivity index (χ0v) is 17.1. The molecule has 2 aromatic rings. The first-order chi connectivity index (χ1) is 12.1. The normalized spacial score (nSPS) is 20.1. The summed E-state index contributed by atoms with van der Waals surface area (Å²) in [6.07, 6.45) is 1.45. The number of fused-ring (bicyclic) bond motifs is 1. The van der Waals surface area contributed by atoms with Gasteiger partial charge in [-0.1, -0.05) is 0 Å². The number of piperazine rings is 1. The number of aryl methyl sites for hydroxylation is 2. The van der Waals surface area contributed by atoms with Gasteiger partial charge in [0.1, 0.15) is 17.7 Å². The second-order valence-electron chi connectivity index (χ2n) is 6.48. The van der Waals surface area contributed by atoms with Crippen LogP contribution in [0.4, 0.5) is 5.82 Å². The van der Waals surface area contributed by atoms with Gasteiger partial charge in [-0.05, 0) is 6.92 Å². The maximum absolute atomic E-state index is 12.6. The highest BCUT2D eigenvalue weighted by Crippen LogP contribution is 2.24. The molecule has 0 bridgehead atoms. The quantitative estimate of drug-likeness (QED) is 0.743. The molecule has 0 aromatic carbocycles. The number of nitrogens with one attached hydrogen (secondary N) is 1. The molecule has 1 atom stereocenters. The van der Waals surface area contributed by atoms with E-state index in [-0.39, 0.29) is 36.8 Å². The third kappa shape index (κ3) is 4.26. The molecule has 0 aliphatic carbocycles. The van der Waals surface area contributed by atoms with Crippen LogP contribution >= 0.6 is 24.8 Å². The van der Waals surface area contributed by atoms with Gasteiger partial charge in [-0.3, -0.25) is 9.48 Å². The molecule has 1 N–H and O–H groups in total. The fourth-order valence-electron chi connectivity index (χ4n) is 3.42. The Hall–Kier alpha value is -1.68. The van der Waals surface area contributed by atoms with Gasteiger partial charge in [0, 0.05) is 46.3 Å². The molecule has 1 unspecified atom stereocenters. The number of anilines is 1. The van der Waals surface area contributed by atoms with Crippen molar-refractivity contribution in [2.24, 2.45) is 7.05 Å². The summed E-state index contributed by atoms with van der Waals surface area (Å²) in [5.74, 6) is 1.71. The van der Waals surface area contributed by atoms with Crippen molar-refractivity contribution in [1.29, 1.82) is 0 Å². The molecule has 0 saturated carbocycles. The van der Waals surface area contributed by atoms with Crippen molar-refractivity contribution >= 4 is 47.6 Å². The number of amides is 1. The SMILES string of the molecule is Cc1nc(N2CCN(C(=O)C3CNCCO3)CC2)c2cnn(C)c2n1.Cl.Cl. The molecule has 2 saturated heterocycles. The van der Waals surface area contributed by atoms with Crippen molar-refractivity contribution in [2.45, 2.75) is 13.0 Å². The number of hydrogen-bond acceptors (Lipinski definition) is 7. The summed E-state index contributed by atoms with van der Waals surface area (Å²) in [6.45, 7) is 6.72. The topological polar surface area (TPSA) is 88.4 Å². The molecule has 2 aromatic heterocycles. The minimum absolute atomic E-state index is 0. The van der Waals surface area contributed by atoms with Gasteiger partial charge in [0.25, 0.3) is 5.91 Å². The second kappa shape index (κ2) is 9.01. The molecule has 4 heterocycles. The van der Waals surface area contributed by atoms with E-state index in [1.807, 2.05) is 25.1 Å². The van der Waals surface area contributed by atoms with Gasteiger partial charge in [-0.15, -0.1) is 24.8 Å². The van der Waals surface area contributed by atoms with Crippen LogP contribution in [0.3, 0.4) is 0 Å². The summed E-state index contributed by atoms with van der Waals surface area (Å²) in [4.78, 5) is 25.8. The molecule has 2 aliphatic heterocycles. The highest BCUT2D eigenvalue weighted by Gasteiger charge is 2.30. The van der Waals surface area contributed by atoms with Crippen molar-refractivity contribution in [1.82, 2.24) is 30.0 Å². The van der Waals surface area contributed by atoms with Crippen molar-refractivity contribution in [3.05, 3.63) is 12.0 Å². The van der Waals surface area contributed by atoms with Gasteiger partial charge in [0.2, 0.25) is 0 Å². The number of ether oxygens (including phenoxy) is 1. The molecular weight excluding hydrogens is 393 g/mol. The molecule has 150 valence electrons. The summed E-state index contributed by atoms with van der Waals surface area (Å²) in [5, 5.41) is 8.46. The largest absolute Gasteiger partial charge is 0.366 e. The molecular formula is C16H25Cl2N7O2. The summed E-state index contributed by atoms with van der Waals surface area (Å²) in [7, 11) is 1.88. The zero-order chi connectivity index (χ0) is 17.4. The number of carbonyl (C=O) groups excluding carboxylic acids is 1. The molecule has 0 spiro atoms. The van der Waals surface area contributed by atoms with E-state index in [0.29, 0.717) is 26.2 Å². The van der Waals surface area contributed by atoms with Crippen LogP contribution in [-0.2, 0) is 16.6 Å². The first kappa shape index (κ1) is 21.6. The van der Waals surface area contributed by atoms with Crippen LogP contribution in [0.5, 0.6) is 0 Å². The average molecular weight is 418 g/mol. The Morgan fingerprint density at radius 1 is 1.22 bits per heavy atom. The first-order valence-electron chi connectivity index (χ1n) is 8.66.